The summed E-state index contributed by atoms with van der Waals surface area (Å²) < 4.78 is 29.9. The zero-order valence-electron chi connectivity index (χ0n) is 12.0. The summed E-state index contributed by atoms with van der Waals surface area (Å²) in [7, 11) is -1.82. The molecule has 2 aliphatic rings. The van der Waals surface area contributed by atoms with Crippen molar-refractivity contribution in [2.45, 2.75) is 29.4 Å². The van der Waals surface area contributed by atoms with Gasteiger partial charge in [0.2, 0.25) is 5.91 Å². The van der Waals surface area contributed by atoms with Gasteiger partial charge in [-0.2, -0.15) is 0 Å². The fraction of sp³-hybridized carbons (Fsp3) is 0.533. The largest absolute Gasteiger partial charge is 0.497 e. The minimum absolute atomic E-state index is 0.127. The van der Waals surface area contributed by atoms with Crippen molar-refractivity contribution in [1.29, 1.82) is 0 Å². The van der Waals surface area contributed by atoms with E-state index in [2.05, 4.69) is 0 Å². The number of benzene rings is 1. The Morgan fingerprint density at radius 2 is 1.81 bits per heavy atom. The van der Waals surface area contributed by atoms with E-state index < -0.39 is 15.1 Å². The fourth-order valence-electron chi connectivity index (χ4n) is 2.69. The van der Waals surface area contributed by atoms with Crippen LogP contribution in [0.25, 0.3) is 0 Å². The number of ether oxygens (including phenoxy) is 1. The molecule has 1 heterocycles. The van der Waals surface area contributed by atoms with Crippen LogP contribution in [0.1, 0.15) is 19.3 Å². The van der Waals surface area contributed by atoms with Gasteiger partial charge in [0, 0.05) is 19.0 Å². The highest BCUT2D eigenvalue weighted by Gasteiger charge is 2.43. The second-order valence-electron chi connectivity index (χ2n) is 5.71. The van der Waals surface area contributed by atoms with Crippen molar-refractivity contribution in [3.63, 3.8) is 0 Å². The third-order valence-corrected chi connectivity index (χ3v) is 6.55. The van der Waals surface area contributed by atoms with Gasteiger partial charge in [0.25, 0.3) is 0 Å². The zero-order chi connectivity index (χ0) is 15.0. The molecule has 114 valence electrons. The molecule has 0 unspecified atom stereocenters. The Kier molecular flexibility index (Phi) is 3.65. The van der Waals surface area contributed by atoms with Crippen LogP contribution < -0.4 is 4.74 Å². The van der Waals surface area contributed by atoms with E-state index in [0.717, 1.165) is 19.3 Å². The van der Waals surface area contributed by atoms with Crippen LogP contribution in [0.3, 0.4) is 0 Å². The van der Waals surface area contributed by atoms with Gasteiger partial charge in [0.05, 0.1) is 12.0 Å². The molecule has 1 aliphatic heterocycles. The first-order chi connectivity index (χ1) is 10.0. The second kappa shape index (κ2) is 5.33. The lowest BCUT2D eigenvalue weighted by Crippen LogP contribution is -2.58. The van der Waals surface area contributed by atoms with Gasteiger partial charge in [-0.15, -0.1) is 0 Å². The first-order valence-corrected chi connectivity index (χ1v) is 8.74. The SMILES string of the molecule is COc1ccc(S(=O)(=O)C2CN(C(=O)C3CCC3)C2)cc1. The second-order valence-corrected chi connectivity index (χ2v) is 7.94. The molecule has 1 aromatic rings. The van der Waals surface area contributed by atoms with Gasteiger partial charge in [-0.25, -0.2) is 8.42 Å². The highest BCUT2D eigenvalue weighted by Crippen LogP contribution is 2.32. The molecule has 1 aliphatic carbocycles. The Hall–Kier alpha value is -1.56. The van der Waals surface area contributed by atoms with Crippen LogP contribution in [0.2, 0.25) is 0 Å². The van der Waals surface area contributed by atoms with Gasteiger partial charge >= 0.3 is 0 Å². The van der Waals surface area contributed by atoms with E-state index in [4.69, 9.17) is 4.74 Å². The maximum absolute atomic E-state index is 12.5. The van der Waals surface area contributed by atoms with Gasteiger partial charge in [0.1, 0.15) is 11.0 Å². The van der Waals surface area contributed by atoms with Crippen LogP contribution in [0.4, 0.5) is 0 Å². The Bertz CT molecular complexity index is 628. The van der Waals surface area contributed by atoms with Crippen LogP contribution in [-0.2, 0) is 14.6 Å². The minimum atomic E-state index is -3.36. The van der Waals surface area contributed by atoms with Gasteiger partial charge in [-0.05, 0) is 37.1 Å². The maximum atomic E-state index is 12.5. The van der Waals surface area contributed by atoms with E-state index >= 15 is 0 Å². The maximum Gasteiger partial charge on any atom is 0.225 e. The van der Waals surface area contributed by atoms with Crippen LogP contribution in [0.15, 0.2) is 29.2 Å². The number of hydrogen-bond donors (Lipinski definition) is 0. The molecule has 3 rings (SSSR count). The van der Waals surface area contributed by atoms with Crippen LogP contribution in [-0.4, -0.2) is 44.7 Å². The number of nitrogens with zero attached hydrogens (tertiary/aromatic N) is 1. The van der Waals surface area contributed by atoms with E-state index in [9.17, 15) is 13.2 Å². The number of carbonyl (C=O) groups is 1. The van der Waals surface area contributed by atoms with E-state index in [1.165, 1.54) is 0 Å². The summed E-state index contributed by atoms with van der Waals surface area (Å²) in [5, 5.41) is -0.477. The topological polar surface area (TPSA) is 63.7 Å². The van der Waals surface area contributed by atoms with Crippen molar-refractivity contribution >= 4 is 15.7 Å². The predicted molar refractivity (Wildman–Crippen MR) is 77.9 cm³/mol. The quantitative estimate of drug-likeness (QED) is 0.845. The summed E-state index contributed by atoms with van der Waals surface area (Å²) in [4.78, 5) is 14.0. The lowest BCUT2D eigenvalue weighted by atomic mass is 9.84. The van der Waals surface area contributed by atoms with Crippen molar-refractivity contribution < 1.29 is 17.9 Å². The third kappa shape index (κ3) is 2.52. The number of amides is 1. The number of likely N-dealkylation sites (tertiary alicyclic amines) is 1. The molecule has 0 aromatic heterocycles. The number of rotatable bonds is 4. The Balaban J connectivity index is 1.65. The predicted octanol–water partition coefficient (Wildman–Crippen LogP) is 1.48. The lowest BCUT2D eigenvalue weighted by molar-refractivity contribution is -0.141. The summed E-state index contributed by atoms with van der Waals surface area (Å²) in [5.41, 5.74) is 0. The minimum Gasteiger partial charge on any atom is -0.497 e. The van der Waals surface area contributed by atoms with E-state index in [0.29, 0.717) is 23.7 Å². The summed E-state index contributed by atoms with van der Waals surface area (Å²) >= 11 is 0. The molecule has 0 bridgehead atoms. The van der Waals surface area contributed by atoms with E-state index in [1.807, 2.05) is 0 Å². The molecule has 2 fully saturated rings. The Morgan fingerprint density at radius 1 is 1.19 bits per heavy atom. The molecule has 1 aromatic carbocycles. The van der Waals surface area contributed by atoms with Crippen LogP contribution in [0.5, 0.6) is 5.75 Å². The Morgan fingerprint density at radius 3 is 2.29 bits per heavy atom. The number of sulfone groups is 1. The molecule has 0 N–H and O–H groups in total. The van der Waals surface area contributed by atoms with Crippen molar-refractivity contribution in [2.75, 3.05) is 20.2 Å². The summed E-state index contributed by atoms with van der Waals surface area (Å²) in [5.74, 6) is 0.890. The van der Waals surface area contributed by atoms with E-state index in [-0.39, 0.29) is 11.8 Å². The number of carbonyl (C=O) groups excluding carboxylic acids is 1. The average molecular weight is 309 g/mol. The molecule has 0 radical (unpaired) electrons. The van der Waals surface area contributed by atoms with Gasteiger partial charge in [-0.3, -0.25) is 4.79 Å². The molecule has 0 atom stereocenters. The molecule has 5 nitrogen and oxygen atoms in total. The standard InChI is InChI=1S/C15H19NO4S/c1-20-12-5-7-13(8-6-12)21(18,19)14-9-16(10-14)15(17)11-3-2-4-11/h5-8,11,14H,2-4,9-10H2,1H3. The molecule has 21 heavy (non-hydrogen) atoms. The molecule has 6 heteroatoms. The highest BCUT2D eigenvalue weighted by atomic mass is 32.2. The van der Waals surface area contributed by atoms with Gasteiger partial charge in [-0.1, -0.05) is 6.42 Å². The van der Waals surface area contributed by atoms with Gasteiger partial charge in [0.15, 0.2) is 9.84 Å². The monoisotopic (exact) mass is 309 g/mol. The van der Waals surface area contributed by atoms with Crippen molar-refractivity contribution in [3.8, 4) is 5.75 Å². The number of hydrogen-bond acceptors (Lipinski definition) is 4. The summed E-state index contributed by atoms with van der Waals surface area (Å²) in [6.45, 7) is 0.646. The van der Waals surface area contributed by atoms with Gasteiger partial charge < -0.3 is 9.64 Å². The molecule has 0 spiro atoms. The number of methoxy groups -OCH3 is 1. The van der Waals surface area contributed by atoms with Crippen molar-refractivity contribution in [1.82, 2.24) is 4.90 Å². The van der Waals surface area contributed by atoms with E-state index in [1.54, 1.807) is 36.3 Å². The average Bonchev–Trinajstić information content (AvgIpc) is 2.34. The molecular weight excluding hydrogens is 290 g/mol. The highest BCUT2D eigenvalue weighted by molar-refractivity contribution is 7.92. The first-order valence-electron chi connectivity index (χ1n) is 7.19. The van der Waals surface area contributed by atoms with Crippen LogP contribution in [0, 0.1) is 5.92 Å². The fourth-order valence-corrected chi connectivity index (χ4v) is 4.34. The smallest absolute Gasteiger partial charge is 0.225 e. The Labute approximate surface area is 124 Å². The molecular formula is C15H19NO4S. The molecule has 1 saturated carbocycles. The van der Waals surface area contributed by atoms with Crippen molar-refractivity contribution in [3.05, 3.63) is 24.3 Å². The zero-order valence-corrected chi connectivity index (χ0v) is 12.8. The lowest BCUT2D eigenvalue weighted by Gasteiger charge is -2.42. The third-order valence-electron chi connectivity index (χ3n) is 4.44. The summed E-state index contributed by atoms with van der Waals surface area (Å²) in [6, 6.07) is 6.40. The normalized spacial score (nSPS) is 19.8. The molecule has 1 saturated heterocycles. The molecule has 1 amide bonds. The summed E-state index contributed by atoms with van der Waals surface area (Å²) in [6.07, 6.45) is 3.01. The van der Waals surface area contributed by atoms with Crippen LogP contribution >= 0.6 is 0 Å². The first kappa shape index (κ1) is 14.4. The van der Waals surface area contributed by atoms with Crippen molar-refractivity contribution in [2.24, 2.45) is 5.92 Å².